The van der Waals surface area contributed by atoms with Crippen molar-refractivity contribution in [1.29, 1.82) is 0 Å². The second kappa shape index (κ2) is 7.73. The lowest BCUT2D eigenvalue weighted by Crippen LogP contribution is -2.41. The Morgan fingerprint density at radius 2 is 1.86 bits per heavy atom. The molecule has 21 heavy (non-hydrogen) atoms. The minimum atomic E-state index is -0.422. The Kier molecular flexibility index (Phi) is 5.68. The van der Waals surface area contributed by atoms with E-state index in [0.29, 0.717) is 12.6 Å². The minimum absolute atomic E-state index is 0.0174. The average Bonchev–Trinajstić information content (AvgIpc) is 2.49. The number of amides is 1. The van der Waals surface area contributed by atoms with Gasteiger partial charge in [0.2, 0.25) is 5.91 Å². The topological polar surface area (TPSA) is 84.3 Å². The van der Waals surface area contributed by atoms with Crippen LogP contribution in [0.2, 0.25) is 0 Å². The number of carbonyl (C=O) groups excluding carboxylic acids is 1. The van der Waals surface area contributed by atoms with Gasteiger partial charge in [-0.3, -0.25) is 14.9 Å². The summed E-state index contributed by atoms with van der Waals surface area (Å²) in [6.45, 7) is 0.795. The van der Waals surface area contributed by atoms with Gasteiger partial charge in [-0.05, 0) is 18.4 Å². The molecule has 0 heterocycles. The molecule has 1 aliphatic carbocycles. The van der Waals surface area contributed by atoms with Crippen LogP contribution in [0.4, 0.5) is 5.69 Å². The summed E-state index contributed by atoms with van der Waals surface area (Å²) in [7, 11) is 0. The number of benzene rings is 1. The molecule has 1 aromatic rings. The standard InChI is InChI=1S/C15H21N3O3/c19-15(17-13-4-2-1-3-5-13)11-16-10-12-6-8-14(9-7-12)18(20)21/h6-9,13,16H,1-5,10-11H2,(H,17,19). The zero-order chi connectivity index (χ0) is 15.1. The summed E-state index contributed by atoms with van der Waals surface area (Å²) < 4.78 is 0. The summed E-state index contributed by atoms with van der Waals surface area (Å²) in [4.78, 5) is 21.9. The Morgan fingerprint density at radius 3 is 2.48 bits per heavy atom. The number of hydrogen-bond donors (Lipinski definition) is 2. The summed E-state index contributed by atoms with van der Waals surface area (Å²) in [5, 5.41) is 16.6. The lowest BCUT2D eigenvalue weighted by Gasteiger charge is -2.22. The van der Waals surface area contributed by atoms with E-state index in [-0.39, 0.29) is 18.1 Å². The average molecular weight is 291 g/mol. The second-order valence-corrected chi connectivity index (χ2v) is 5.43. The predicted octanol–water partition coefficient (Wildman–Crippen LogP) is 2.13. The molecule has 1 saturated carbocycles. The fourth-order valence-electron chi connectivity index (χ4n) is 2.58. The molecule has 6 nitrogen and oxygen atoms in total. The highest BCUT2D eigenvalue weighted by molar-refractivity contribution is 5.78. The number of nitro groups is 1. The van der Waals surface area contributed by atoms with Gasteiger partial charge in [-0.1, -0.05) is 31.4 Å². The van der Waals surface area contributed by atoms with E-state index < -0.39 is 4.92 Å². The summed E-state index contributed by atoms with van der Waals surface area (Å²) >= 11 is 0. The van der Waals surface area contributed by atoms with Crippen LogP contribution >= 0.6 is 0 Å². The Bertz CT molecular complexity index is 481. The van der Waals surface area contributed by atoms with Gasteiger partial charge in [0.05, 0.1) is 11.5 Å². The highest BCUT2D eigenvalue weighted by atomic mass is 16.6. The van der Waals surface area contributed by atoms with Crippen molar-refractivity contribution >= 4 is 11.6 Å². The Balaban J connectivity index is 1.68. The summed E-state index contributed by atoms with van der Waals surface area (Å²) in [5.74, 6) is 0.0174. The number of nitro benzene ring substituents is 1. The van der Waals surface area contributed by atoms with Crippen molar-refractivity contribution in [3.63, 3.8) is 0 Å². The third-order valence-electron chi connectivity index (χ3n) is 3.73. The maximum Gasteiger partial charge on any atom is 0.269 e. The number of nitrogens with zero attached hydrogens (tertiary/aromatic N) is 1. The van der Waals surface area contributed by atoms with E-state index >= 15 is 0 Å². The first-order valence-electron chi connectivity index (χ1n) is 7.38. The van der Waals surface area contributed by atoms with Gasteiger partial charge in [-0.2, -0.15) is 0 Å². The van der Waals surface area contributed by atoms with Crippen molar-refractivity contribution in [1.82, 2.24) is 10.6 Å². The molecule has 2 rings (SSSR count). The smallest absolute Gasteiger partial charge is 0.269 e. The molecule has 1 aromatic carbocycles. The SMILES string of the molecule is O=C(CNCc1ccc([N+](=O)[O-])cc1)NC1CCCCC1. The highest BCUT2D eigenvalue weighted by Gasteiger charge is 2.15. The molecular weight excluding hydrogens is 270 g/mol. The molecule has 2 N–H and O–H groups in total. The molecule has 114 valence electrons. The van der Waals surface area contributed by atoms with E-state index in [1.807, 2.05) is 0 Å². The van der Waals surface area contributed by atoms with Crippen LogP contribution in [0.15, 0.2) is 24.3 Å². The van der Waals surface area contributed by atoms with Crippen molar-refractivity contribution in [2.24, 2.45) is 0 Å². The first kappa shape index (κ1) is 15.4. The minimum Gasteiger partial charge on any atom is -0.352 e. The molecule has 1 fully saturated rings. The number of nitrogens with one attached hydrogen (secondary N) is 2. The van der Waals surface area contributed by atoms with E-state index in [1.54, 1.807) is 12.1 Å². The van der Waals surface area contributed by atoms with Crippen LogP contribution < -0.4 is 10.6 Å². The number of rotatable bonds is 6. The summed E-state index contributed by atoms with van der Waals surface area (Å²) in [6.07, 6.45) is 5.81. The van der Waals surface area contributed by atoms with Gasteiger partial charge >= 0.3 is 0 Å². The molecule has 1 aliphatic rings. The van der Waals surface area contributed by atoms with Gasteiger partial charge in [0.15, 0.2) is 0 Å². The van der Waals surface area contributed by atoms with E-state index in [0.717, 1.165) is 18.4 Å². The van der Waals surface area contributed by atoms with Gasteiger partial charge in [0, 0.05) is 24.7 Å². The third-order valence-corrected chi connectivity index (χ3v) is 3.73. The third kappa shape index (κ3) is 5.15. The first-order valence-corrected chi connectivity index (χ1v) is 7.38. The predicted molar refractivity (Wildman–Crippen MR) is 79.8 cm³/mol. The molecule has 0 aliphatic heterocycles. The van der Waals surface area contributed by atoms with Crippen molar-refractivity contribution in [2.75, 3.05) is 6.54 Å². The van der Waals surface area contributed by atoms with Crippen molar-refractivity contribution in [3.05, 3.63) is 39.9 Å². The van der Waals surface area contributed by atoms with Crippen LogP contribution in [-0.2, 0) is 11.3 Å². The number of hydrogen-bond acceptors (Lipinski definition) is 4. The molecule has 0 bridgehead atoms. The molecular formula is C15H21N3O3. The van der Waals surface area contributed by atoms with E-state index in [1.165, 1.54) is 31.4 Å². The molecule has 0 radical (unpaired) electrons. The van der Waals surface area contributed by atoms with Crippen LogP contribution in [0.25, 0.3) is 0 Å². The zero-order valence-electron chi connectivity index (χ0n) is 12.0. The molecule has 0 saturated heterocycles. The second-order valence-electron chi connectivity index (χ2n) is 5.43. The molecule has 6 heteroatoms. The van der Waals surface area contributed by atoms with Crippen molar-refractivity contribution in [3.8, 4) is 0 Å². The Labute approximate surface area is 124 Å². The molecule has 1 amide bonds. The van der Waals surface area contributed by atoms with Gasteiger partial charge < -0.3 is 10.6 Å². The van der Waals surface area contributed by atoms with E-state index in [2.05, 4.69) is 10.6 Å². The van der Waals surface area contributed by atoms with Gasteiger partial charge in [0.25, 0.3) is 5.69 Å². The number of carbonyl (C=O) groups is 1. The summed E-state index contributed by atoms with van der Waals surface area (Å²) in [6, 6.07) is 6.67. The normalized spacial score (nSPS) is 15.6. The Morgan fingerprint density at radius 1 is 1.19 bits per heavy atom. The van der Waals surface area contributed by atoms with E-state index in [4.69, 9.17) is 0 Å². The van der Waals surface area contributed by atoms with Crippen LogP contribution in [-0.4, -0.2) is 23.4 Å². The fraction of sp³-hybridized carbons (Fsp3) is 0.533. The van der Waals surface area contributed by atoms with E-state index in [9.17, 15) is 14.9 Å². The van der Waals surface area contributed by atoms with Crippen LogP contribution in [0, 0.1) is 10.1 Å². The molecule has 0 spiro atoms. The molecule has 0 atom stereocenters. The highest BCUT2D eigenvalue weighted by Crippen LogP contribution is 2.17. The summed E-state index contributed by atoms with van der Waals surface area (Å²) in [5.41, 5.74) is 1.000. The first-order chi connectivity index (χ1) is 10.1. The molecule has 0 aromatic heterocycles. The van der Waals surface area contributed by atoms with Gasteiger partial charge in [0.1, 0.15) is 0 Å². The van der Waals surface area contributed by atoms with Crippen LogP contribution in [0.1, 0.15) is 37.7 Å². The Hall–Kier alpha value is -1.95. The van der Waals surface area contributed by atoms with Crippen molar-refractivity contribution < 1.29 is 9.72 Å². The van der Waals surface area contributed by atoms with Crippen molar-refractivity contribution in [2.45, 2.75) is 44.7 Å². The lowest BCUT2D eigenvalue weighted by molar-refractivity contribution is -0.384. The van der Waals surface area contributed by atoms with Gasteiger partial charge in [-0.15, -0.1) is 0 Å². The fourth-order valence-corrected chi connectivity index (χ4v) is 2.58. The van der Waals surface area contributed by atoms with Crippen LogP contribution in [0.3, 0.4) is 0 Å². The zero-order valence-corrected chi connectivity index (χ0v) is 12.0. The monoisotopic (exact) mass is 291 g/mol. The molecule has 0 unspecified atom stereocenters. The lowest BCUT2D eigenvalue weighted by atomic mass is 9.95. The maximum absolute atomic E-state index is 11.8. The largest absolute Gasteiger partial charge is 0.352 e. The quantitative estimate of drug-likeness (QED) is 0.621. The van der Waals surface area contributed by atoms with Gasteiger partial charge in [-0.25, -0.2) is 0 Å². The maximum atomic E-state index is 11.8. The van der Waals surface area contributed by atoms with Crippen LogP contribution in [0.5, 0.6) is 0 Å². The number of non-ortho nitro benzene ring substituents is 1.